The highest BCUT2D eigenvalue weighted by Crippen LogP contribution is 2.29. The molecule has 0 bridgehead atoms. The summed E-state index contributed by atoms with van der Waals surface area (Å²) < 4.78 is 12.2. The molecule has 1 amide bonds. The largest absolute Gasteiger partial charge is 0.493 e. The van der Waals surface area contributed by atoms with Crippen LogP contribution in [0.25, 0.3) is 11.9 Å². The Bertz CT molecular complexity index is 1150. The van der Waals surface area contributed by atoms with Crippen molar-refractivity contribution in [2.24, 2.45) is 0 Å². The fraction of sp³-hybridized carbons (Fsp3) is 0.250. The van der Waals surface area contributed by atoms with Crippen LogP contribution in [0.15, 0.2) is 54.7 Å². The second kappa shape index (κ2) is 9.79. The minimum atomic E-state index is -0.314. The van der Waals surface area contributed by atoms with Gasteiger partial charge < -0.3 is 14.8 Å². The summed E-state index contributed by atoms with van der Waals surface area (Å²) in [5, 5.41) is 16.2. The van der Waals surface area contributed by atoms with Crippen molar-refractivity contribution in [3.8, 4) is 23.4 Å². The lowest BCUT2D eigenvalue weighted by Crippen LogP contribution is -2.13. The molecule has 0 spiro atoms. The maximum atomic E-state index is 12.6. The van der Waals surface area contributed by atoms with E-state index in [9.17, 15) is 4.79 Å². The molecular formula is C24H25N5O3. The molecule has 3 rings (SSSR count). The highest BCUT2D eigenvalue weighted by Gasteiger charge is 2.21. The van der Waals surface area contributed by atoms with Gasteiger partial charge in [-0.15, -0.1) is 0 Å². The van der Waals surface area contributed by atoms with Gasteiger partial charge in [0.25, 0.3) is 0 Å². The van der Waals surface area contributed by atoms with Gasteiger partial charge in [-0.2, -0.15) is 15.0 Å². The number of anilines is 1. The first-order chi connectivity index (χ1) is 15.3. The molecule has 3 aromatic rings. The van der Waals surface area contributed by atoms with E-state index in [2.05, 4.69) is 36.2 Å². The standard InChI is InChI=1S/C24H25N5O3/c1-24(2,3)20-16-22(29(28-20)21-7-5-6-13-26-21)27-23(30)11-9-17-8-10-18(32-14-12-25)19(15-17)31-4/h5-11,13,15-16H,14H2,1-4H3,(H,27,30)/b11-9+. The van der Waals surface area contributed by atoms with Gasteiger partial charge in [-0.05, 0) is 35.9 Å². The molecule has 32 heavy (non-hydrogen) atoms. The number of nitrogens with zero attached hydrogens (tertiary/aromatic N) is 4. The van der Waals surface area contributed by atoms with Crippen molar-refractivity contribution in [1.82, 2.24) is 14.8 Å². The third-order valence-corrected chi connectivity index (χ3v) is 4.50. The maximum Gasteiger partial charge on any atom is 0.249 e. The molecule has 0 aliphatic rings. The van der Waals surface area contributed by atoms with Crippen molar-refractivity contribution in [3.05, 3.63) is 66.0 Å². The van der Waals surface area contributed by atoms with Gasteiger partial charge in [-0.3, -0.25) is 4.79 Å². The van der Waals surface area contributed by atoms with Gasteiger partial charge in [0, 0.05) is 23.8 Å². The summed E-state index contributed by atoms with van der Waals surface area (Å²) in [4.78, 5) is 17.0. The number of carbonyl (C=O) groups is 1. The number of methoxy groups -OCH3 is 1. The summed E-state index contributed by atoms with van der Waals surface area (Å²) >= 11 is 0. The van der Waals surface area contributed by atoms with Crippen molar-refractivity contribution in [2.75, 3.05) is 19.0 Å². The molecule has 0 saturated carbocycles. The number of aromatic nitrogens is 3. The van der Waals surface area contributed by atoms with E-state index >= 15 is 0 Å². The zero-order chi connectivity index (χ0) is 23.1. The fourth-order valence-electron chi connectivity index (χ4n) is 2.85. The summed E-state index contributed by atoms with van der Waals surface area (Å²) in [7, 11) is 1.51. The smallest absolute Gasteiger partial charge is 0.249 e. The van der Waals surface area contributed by atoms with Crippen LogP contribution in [0.2, 0.25) is 0 Å². The Labute approximate surface area is 187 Å². The van der Waals surface area contributed by atoms with Gasteiger partial charge in [-0.1, -0.05) is 32.9 Å². The number of hydrogen-bond donors (Lipinski definition) is 1. The van der Waals surface area contributed by atoms with Crippen molar-refractivity contribution >= 4 is 17.8 Å². The van der Waals surface area contributed by atoms with Crippen LogP contribution in [0, 0.1) is 11.3 Å². The minimum Gasteiger partial charge on any atom is -0.493 e. The predicted octanol–water partition coefficient (Wildman–Crippen LogP) is 4.13. The van der Waals surface area contributed by atoms with Gasteiger partial charge in [0.1, 0.15) is 11.9 Å². The minimum absolute atomic E-state index is 0.0749. The number of nitrogens with one attached hydrogen (secondary N) is 1. The molecule has 1 aromatic carbocycles. The van der Waals surface area contributed by atoms with E-state index in [1.165, 1.54) is 13.2 Å². The van der Waals surface area contributed by atoms with Crippen LogP contribution >= 0.6 is 0 Å². The van der Waals surface area contributed by atoms with Crippen molar-refractivity contribution in [2.45, 2.75) is 26.2 Å². The molecule has 0 atom stereocenters. The molecule has 164 valence electrons. The lowest BCUT2D eigenvalue weighted by molar-refractivity contribution is -0.111. The van der Waals surface area contributed by atoms with Crippen molar-refractivity contribution in [3.63, 3.8) is 0 Å². The molecule has 0 unspecified atom stereocenters. The summed E-state index contributed by atoms with van der Waals surface area (Å²) in [5.41, 5.74) is 1.39. The number of pyridine rings is 1. The predicted molar refractivity (Wildman–Crippen MR) is 122 cm³/mol. The molecule has 0 saturated heterocycles. The average Bonchev–Trinajstić information content (AvgIpc) is 3.21. The van der Waals surface area contributed by atoms with Crippen LogP contribution in [-0.2, 0) is 10.2 Å². The first kappa shape index (κ1) is 22.6. The third-order valence-electron chi connectivity index (χ3n) is 4.50. The molecule has 0 radical (unpaired) electrons. The number of carbonyl (C=O) groups excluding carboxylic acids is 1. The van der Waals surface area contributed by atoms with Crippen LogP contribution in [0.3, 0.4) is 0 Å². The first-order valence-electron chi connectivity index (χ1n) is 10.0. The van der Waals surface area contributed by atoms with Crippen LogP contribution in [-0.4, -0.2) is 34.4 Å². The maximum absolute atomic E-state index is 12.6. The average molecular weight is 431 g/mol. The first-order valence-corrected chi connectivity index (χ1v) is 10.0. The van der Waals surface area contributed by atoms with E-state index in [1.807, 2.05) is 30.3 Å². The lowest BCUT2D eigenvalue weighted by Gasteiger charge is -2.13. The Morgan fingerprint density at radius 2 is 2.03 bits per heavy atom. The van der Waals surface area contributed by atoms with Crippen molar-refractivity contribution in [1.29, 1.82) is 5.26 Å². The second-order valence-electron chi connectivity index (χ2n) is 7.94. The quantitative estimate of drug-likeness (QED) is 0.565. The van der Waals surface area contributed by atoms with Crippen LogP contribution in [0.4, 0.5) is 5.82 Å². The van der Waals surface area contributed by atoms with E-state index in [-0.39, 0.29) is 17.9 Å². The molecule has 2 aromatic heterocycles. The third kappa shape index (κ3) is 5.52. The monoisotopic (exact) mass is 431 g/mol. The summed E-state index contributed by atoms with van der Waals surface area (Å²) in [6, 6.07) is 14.5. The Morgan fingerprint density at radius 1 is 1.22 bits per heavy atom. The van der Waals surface area contributed by atoms with E-state index < -0.39 is 0 Å². The van der Waals surface area contributed by atoms with Gasteiger partial charge in [-0.25, -0.2) is 4.98 Å². The van der Waals surface area contributed by atoms with Gasteiger partial charge in [0.05, 0.1) is 12.8 Å². The Kier molecular flexibility index (Phi) is 6.90. The molecule has 1 N–H and O–H groups in total. The van der Waals surface area contributed by atoms with E-state index in [0.717, 1.165) is 11.3 Å². The zero-order valence-corrected chi connectivity index (χ0v) is 18.5. The molecule has 0 fully saturated rings. The summed E-state index contributed by atoms with van der Waals surface area (Å²) in [6.45, 7) is 6.09. The van der Waals surface area contributed by atoms with E-state index in [1.54, 1.807) is 35.2 Å². The number of benzene rings is 1. The lowest BCUT2D eigenvalue weighted by atomic mass is 9.92. The van der Waals surface area contributed by atoms with Crippen LogP contribution in [0.5, 0.6) is 11.5 Å². The SMILES string of the molecule is COc1cc(/C=C/C(=O)Nc2cc(C(C)(C)C)nn2-c2ccccn2)ccc1OCC#N. The number of amides is 1. The Morgan fingerprint density at radius 3 is 2.69 bits per heavy atom. The van der Waals surface area contributed by atoms with Crippen LogP contribution in [0.1, 0.15) is 32.0 Å². The van der Waals surface area contributed by atoms with Gasteiger partial charge in [0.15, 0.2) is 23.9 Å². The number of nitriles is 1. The Balaban J connectivity index is 1.81. The summed E-state index contributed by atoms with van der Waals surface area (Å²) in [5.74, 6) is 1.77. The number of rotatable bonds is 7. The molecule has 0 aliphatic heterocycles. The normalized spacial score (nSPS) is 11.2. The molecule has 2 heterocycles. The molecule has 8 nitrogen and oxygen atoms in total. The topological polar surface area (TPSA) is 102 Å². The van der Waals surface area contributed by atoms with E-state index in [0.29, 0.717) is 23.1 Å². The Hall–Kier alpha value is -4.12. The molecular weight excluding hydrogens is 406 g/mol. The second-order valence-corrected chi connectivity index (χ2v) is 7.94. The van der Waals surface area contributed by atoms with Crippen molar-refractivity contribution < 1.29 is 14.3 Å². The fourth-order valence-corrected chi connectivity index (χ4v) is 2.85. The zero-order valence-electron chi connectivity index (χ0n) is 18.5. The highest BCUT2D eigenvalue weighted by molar-refractivity contribution is 6.01. The summed E-state index contributed by atoms with van der Waals surface area (Å²) in [6.07, 6.45) is 4.77. The molecule has 0 aliphatic carbocycles. The van der Waals surface area contributed by atoms with E-state index in [4.69, 9.17) is 14.7 Å². The number of hydrogen-bond acceptors (Lipinski definition) is 6. The number of ether oxygens (including phenoxy) is 2. The van der Waals surface area contributed by atoms with Gasteiger partial charge in [0.2, 0.25) is 5.91 Å². The molecule has 8 heteroatoms. The highest BCUT2D eigenvalue weighted by atomic mass is 16.5. The van der Waals surface area contributed by atoms with Gasteiger partial charge >= 0.3 is 0 Å². The van der Waals surface area contributed by atoms with Crippen LogP contribution < -0.4 is 14.8 Å².